The summed E-state index contributed by atoms with van der Waals surface area (Å²) in [6.07, 6.45) is 3.22. The zero-order chi connectivity index (χ0) is 13.5. The maximum atomic E-state index is 4.51. The fourth-order valence-corrected chi connectivity index (χ4v) is 2.56. The minimum Gasteiger partial charge on any atom is -0.351 e. The molecule has 1 rings (SSSR count). The van der Waals surface area contributed by atoms with Crippen LogP contribution in [-0.2, 0) is 6.54 Å². The lowest BCUT2D eigenvalue weighted by Gasteiger charge is -2.19. The molecular formula is C14H27N3S. The molecule has 0 aliphatic heterocycles. The molecule has 0 radical (unpaired) electrons. The monoisotopic (exact) mass is 269 g/mol. The first kappa shape index (κ1) is 15.4. The Hall–Kier alpha value is -0.610. The van der Waals surface area contributed by atoms with Crippen molar-refractivity contribution < 1.29 is 0 Å². The zero-order valence-electron chi connectivity index (χ0n) is 12.4. The van der Waals surface area contributed by atoms with Gasteiger partial charge in [0, 0.05) is 31.2 Å². The topological polar surface area (TPSA) is 28.2 Å². The van der Waals surface area contributed by atoms with Crippen LogP contribution in [0.4, 0.5) is 5.13 Å². The van der Waals surface area contributed by atoms with Gasteiger partial charge in [0.2, 0.25) is 0 Å². The molecule has 1 N–H and O–H groups in total. The highest BCUT2D eigenvalue weighted by Crippen LogP contribution is 2.22. The highest BCUT2D eigenvalue weighted by molar-refractivity contribution is 7.15. The molecule has 0 aromatic carbocycles. The van der Waals surface area contributed by atoms with Crippen LogP contribution < -0.4 is 10.2 Å². The number of rotatable bonds is 8. The summed E-state index contributed by atoms with van der Waals surface area (Å²) in [4.78, 5) is 8.10. The zero-order valence-corrected chi connectivity index (χ0v) is 13.2. The summed E-state index contributed by atoms with van der Waals surface area (Å²) in [6.45, 7) is 12.1. The Labute approximate surface area is 116 Å². The van der Waals surface area contributed by atoms with Gasteiger partial charge in [-0.2, -0.15) is 0 Å². The van der Waals surface area contributed by atoms with Crippen LogP contribution in [0.2, 0.25) is 0 Å². The van der Waals surface area contributed by atoms with Crippen LogP contribution in [0, 0.1) is 11.8 Å². The number of aromatic nitrogens is 1. The number of anilines is 1. The van der Waals surface area contributed by atoms with Crippen molar-refractivity contribution in [3.63, 3.8) is 0 Å². The number of nitrogens with one attached hydrogen (secondary N) is 1. The molecule has 0 saturated carbocycles. The van der Waals surface area contributed by atoms with Crippen LogP contribution in [0.3, 0.4) is 0 Å². The van der Waals surface area contributed by atoms with E-state index >= 15 is 0 Å². The molecule has 0 aliphatic carbocycles. The van der Waals surface area contributed by atoms with Gasteiger partial charge in [-0.25, -0.2) is 4.98 Å². The van der Waals surface area contributed by atoms with E-state index in [9.17, 15) is 0 Å². The molecular weight excluding hydrogens is 242 g/mol. The lowest BCUT2D eigenvalue weighted by Crippen LogP contribution is -2.23. The van der Waals surface area contributed by atoms with Crippen molar-refractivity contribution in [1.82, 2.24) is 10.3 Å². The van der Waals surface area contributed by atoms with Gasteiger partial charge in [-0.15, -0.1) is 11.3 Å². The minimum absolute atomic E-state index is 0.700. The van der Waals surface area contributed by atoms with Crippen LogP contribution in [-0.4, -0.2) is 25.1 Å². The van der Waals surface area contributed by atoms with Gasteiger partial charge < -0.3 is 10.2 Å². The van der Waals surface area contributed by atoms with E-state index in [1.165, 1.54) is 11.3 Å². The summed E-state index contributed by atoms with van der Waals surface area (Å²) in [5.74, 6) is 1.42. The van der Waals surface area contributed by atoms with E-state index in [-0.39, 0.29) is 0 Å². The molecule has 0 bridgehead atoms. The number of hydrogen-bond donors (Lipinski definition) is 1. The second-order valence-electron chi connectivity index (χ2n) is 5.53. The molecule has 3 nitrogen and oxygen atoms in total. The predicted molar refractivity (Wildman–Crippen MR) is 81.4 cm³/mol. The molecule has 0 fully saturated rings. The first-order valence-corrected chi connectivity index (χ1v) is 7.71. The van der Waals surface area contributed by atoms with E-state index in [0.29, 0.717) is 5.92 Å². The van der Waals surface area contributed by atoms with Crippen LogP contribution >= 0.6 is 11.3 Å². The fourth-order valence-electron chi connectivity index (χ4n) is 1.71. The van der Waals surface area contributed by atoms with E-state index in [4.69, 9.17) is 0 Å². The molecule has 4 heteroatoms. The van der Waals surface area contributed by atoms with Crippen LogP contribution in [0.5, 0.6) is 0 Å². The van der Waals surface area contributed by atoms with Gasteiger partial charge in [0.05, 0.1) is 0 Å². The fraction of sp³-hybridized carbons (Fsp3) is 0.786. The predicted octanol–water partition coefficient (Wildman–Crippen LogP) is 3.37. The van der Waals surface area contributed by atoms with E-state index in [1.54, 1.807) is 11.3 Å². The molecule has 1 unspecified atom stereocenters. The van der Waals surface area contributed by atoms with Crippen LogP contribution in [0.25, 0.3) is 0 Å². The normalized spacial score (nSPS) is 13.0. The SMILES string of the molecule is CCC(C)CN(C)c1ncc(CNCC(C)C)s1. The van der Waals surface area contributed by atoms with Gasteiger partial charge in [-0.05, 0) is 18.4 Å². The van der Waals surface area contributed by atoms with Gasteiger partial charge in [0.15, 0.2) is 5.13 Å². The Kier molecular flexibility index (Phi) is 6.65. The molecule has 0 amide bonds. The van der Waals surface area contributed by atoms with Crippen molar-refractivity contribution in [3.8, 4) is 0 Å². The number of thiazole rings is 1. The highest BCUT2D eigenvalue weighted by Gasteiger charge is 2.09. The summed E-state index contributed by atoms with van der Waals surface area (Å²) in [7, 11) is 2.14. The molecule has 1 aromatic rings. The number of nitrogens with zero attached hydrogens (tertiary/aromatic N) is 2. The average Bonchev–Trinajstić information content (AvgIpc) is 2.77. The molecule has 1 atom stereocenters. The Morgan fingerprint density at radius 3 is 2.72 bits per heavy atom. The van der Waals surface area contributed by atoms with E-state index < -0.39 is 0 Å². The van der Waals surface area contributed by atoms with Gasteiger partial charge in [0.25, 0.3) is 0 Å². The van der Waals surface area contributed by atoms with Crippen LogP contribution in [0.15, 0.2) is 6.20 Å². The Bertz CT molecular complexity index is 336. The molecule has 1 heterocycles. The summed E-state index contributed by atoms with van der Waals surface area (Å²) < 4.78 is 0. The van der Waals surface area contributed by atoms with Gasteiger partial charge in [-0.3, -0.25) is 0 Å². The largest absolute Gasteiger partial charge is 0.351 e. The van der Waals surface area contributed by atoms with Crippen molar-refractivity contribution in [2.75, 3.05) is 25.0 Å². The van der Waals surface area contributed by atoms with E-state index in [2.05, 4.69) is 49.9 Å². The number of hydrogen-bond acceptors (Lipinski definition) is 4. The lowest BCUT2D eigenvalue weighted by molar-refractivity contribution is 0.554. The van der Waals surface area contributed by atoms with Crippen molar-refractivity contribution in [3.05, 3.63) is 11.1 Å². The second kappa shape index (κ2) is 7.74. The maximum Gasteiger partial charge on any atom is 0.185 e. The molecule has 1 aromatic heterocycles. The lowest BCUT2D eigenvalue weighted by atomic mass is 10.1. The van der Waals surface area contributed by atoms with Crippen molar-refractivity contribution in [2.24, 2.45) is 11.8 Å². The smallest absolute Gasteiger partial charge is 0.185 e. The summed E-state index contributed by atoms with van der Waals surface area (Å²) in [5, 5.41) is 4.59. The minimum atomic E-state index is 0.700. The standard InChI is InChI=1S/C14H27N3S/c1-6-12(4)10-17(5)14-16-9-13(18-14)8-15-7-11(2)3/h9,11-12,15H,6-8,10H2,1-5H3. The second-order valence-corrected chi connectivity index (χ2v) is 6.62. The maximum absolute atomic E-state index is 4.51. The molecule has 0 aliphatic rings. The van der Waals surface area contributed by atoms with Crippen molar-refractivity contribution >= 4 is 16.5 Å². The first-order chi connectivity index (χ1) is 8.52. The Morgan fingerprint density at radius 2 is 2.11 bits per heavy atom. The highest BCUT2D eigenvalue weighted by atomic mass is 32.1. The molecule has 0 saturated heterocycles. The summed E-state index contributed by atoms with van der Waals surface area (Å²) in [5.41, 5.74) is 0. The Balaban J connectivity index is 2.42. The van der Waals surface area contributed by atoms with Crippen molar-refractivity contribution in [2.45, 2.75) is 40.7 Å². The van der Waals surface area contributed by atoms with Gasteiger partial charge in [0.1, 0.15) is 0 Å². The Morgan fingerprint density at radius 1 is 1.39 bits per heavy atom. The third kappa shape index (κ3) is 5.36. The third-order valence-electron chi connectivity index (χ3n) is 3.00. The van der Waals surface area contributed by atoms with Gasteiger partial charge in [-0.1, -0.05) is 34.1 Å². The van der Waals surface area contributed by atoms with Gasteiger partial charge >= 0.3 is 0 Å². The molecule has 104 valence electrons. The first-order valence-electron chi connectivity index (χ1n) is 6.89. The average molecular weight is 269 g/mol. The van der Waals surface area contributed by atoms with E-state index in [0.717, 1.165) is 30.7 Å². The summed E-state index contributed by atoms with van der Waals surface area (Å²) in [6, 6.07) is 0. The molecule has 0 spiro atoms. The quantitative estimate of drug-likeness (QED) is 0.784. The van der Waals surface area contributed by atoms with E-state index in [1.807, 2.05) is 6.20 Å². The van der Waals surface area contributed by atoms with Crippen molar-refractivity contribution in [1.29, 1.82) is 0 Å². The summed E-state index contributed by atoms with van der Waals surface area (Å²) >= 11 is 1.80. The molecule has 18 heavy (non-hydrogen) atoms. The van der Waals surface area contributed by atoms with Crippen LogP contribution in [0.1, 0.15) is 39.0 Å². The third-order valence-corrected chi connectivity index (χ3v) is 4.11.